The molecule has 1 saturated heterocycles. The molecule has 7 heteroatoms. The van der Waals surface area contributed by atoms with E-state index in [9.17, 15) is 4.79 Å². The summed E-state index contributed by atoms with van der Waals surface area (Å²) in [7, 11) is 1.67. The fraction of sp³-hybridized carbons (Fsp3) is 0.280. The molecule has 1 fully saturated rings. The number of hydrogen-bond donors (Lipinski definition) is 0. The highest BCUT2D eigenvalue weighted by atomic mass is 16.5. The fourth-order valence-electron chi connectivity index (χ4n) is 4.23. The van der Waals surface area contributed by atoms with Gasteiger partial charge in [-0.1, -0.05) is 12.1 Å². The van der Waals surface area contributed by atoms with Crippen molar-refractivity contribution in [1.82, 2.24) is 24.5 Å². The van der Waals surface area contributed by atoms with Crippen LogP contribution in [0.2, 0.25) is 0 Å². The average Bonchev–Trinajstić information content (AvgIpc) is 3.27. The Balaban J connectivity index is 1.38. The summed E-state index contributed by atoms with van der Waals surface area (Å²) in [6, 6.07) is 15.7. The van der Waals surface area contributed by atoms with Crippen LogP contribution in [0.3, 0.4) is 0 Å². The fourth-order valence-corrected chi connectivity index (χ4v) is 4.23. The quantitative estimate of drug-likeness (QED) is 0.490. The summed E-state index contributed by atoms with van der Waals surface area (Å²) in [5.74, 6) is 1.68. The number of piperidine rings is 1. The first kappa shape index (κ1) is 20.2. The molecule has 0 spiro atoms. The molecular formula is C25H25N5O2. The Morgan fingerprint density at radius 1 is 1.12 bits per heavy atom. The van der Waals surface area contributed by atoms with Crippen LogP contribution in [0.4, 0.5) is 0 Å². The molecule has 0 aliphatic carbocycles. The number of aromatic nitrogens is 4. The molecule has 0 N–H and O–H groups in total. The zero-order valence-electron chi connectivity index (χ0n) is 18.2. The Kier molecular flexibility index (Phi) is 5.31. The Labute approximate surface area is 186 Å². The van der Waals surface area contributed by atoms with Crippen LogP contribution in [0.15, 0.2) is 60.9 Å². The standard InChI is InChI=1S/C25H25N5O2/c1-17-10-11-26-22(13-17)25(31)29-12-4-6-20(15-29)24-27-23-9-8-19(16-30(23)28-24)18-5-3-7-21(14-18)32-2/h3,5,7-11,13-14,16,20H,4,6,12,15H2,1-2H3/t20-/m0/s1. The van der Waals surface area contributed by atoms with Crippen LogP contribution in [-0.2, 0) is 0 Å². The van der Waals surface area contributed by atoms with Crippen molar-refractivity contribution in [2.45, 2.75) is 25.7 Å². The predicted octanol–water partition coefficient (Wildman–Crippen LogP) is 4.13. The summed E-state index contributed by atoms with van der Waals surface area (Å²) >= 11 is 0. The van der Waals surface area contributed by atoms with Crippen molar-refractivity contribution in [2.24, 2.45) is 0 Å². The van der Waals surface area contributed by atoms with Gasteiger partial charge in [-0.25, -0.2) is 9.50 Å². The molecule has 162 valence electrons. The second-order valence-electron chi connectivity index (χ2n) is 8.23. The van der Waals surface area contributed by atoms with Crippen molar-refractivity contribution in [2.75, 3.05) is 20.2 Å². The highest BCUT2D eigenvalue weighted by molar-refractivity contribution is 5.92. The summed E-state index contributed by atoms with van der Waals surface area (Å²) in [4.78, 5) is 23.9. The predicted molar refractivity (Wildman–Crippen MR) is 122 cm³/mol. The maximum atomic E-state index is 13.0. The van der Waals surface area contributed by atoms with Gasteiger partial charge in [-0.3, -0.25) is 9.78 Å². The Bertz CT molecular complexity index is 1280. The van der Waals surface area contributed by atoms with E-state index in [4.69, 9.17) is 14.8 Å². The monoisotopic (exact) mass is 427 g/mol. The number of carbonyl (C=O) groups is 1. The molecule has 1 aliphatic heterocycles. The van der Waals surface area contributed by atoms with E-state index in [2.05, 4.69) is 4.98 Å². The third-order valence-corrected chi connectivity index (χ3v) is 5.96. The minimum atomic E-state index is -0.0255. The van der Waals surface area contributed by atoms with Gasteiger partial charge >= 0.3 is 0 Å². The molecule has 1 aromatic carbocycles. The lowest BCUT2D eigenvalue weighted by Crippen LogP contribution is -2.39. The van der Waals surface area contributed by atoms with Crippen LogP contribution < -0.4 is 4.74 Å². The van der Waals surface area contributed by atoms with Crippen molar-refractivity contribution < 1.29 is 9.53 Å². The van der Waals surface area contributed by atoms with Crippen LogP contribution in [0, 0.1) is 6.92 Å². The van der Waals surface area contributed by atoms with E-state index in [0.717, 1.165) is 53.3 Å². The lowest BCUT2D eigenvalue weighted by atomic mass is 9.97. The first-order chi connectivity index (χ1) is 15.6. The highest BCUT2D eigenvalue weighted by Gasteiger charge is 2.28. The molecular weight excluding hydrogens is 402 g/mol. The molecule has 3 aromatic heterocycles. The van der Waals surface area contributed by atoms with E-state index in [0.29, 0.717) is 12.2 Å². The lowest BCUT2D eigenvalue weighted by molar-refractivity contribution is 0.0698. The van der Waals surface area contributed by atoms with Crippen LogP contribution in [0.5, 0.6) is 5.75 Å². The SMILES string of the molecule is COc1cccc(-c2ccc3nc([C@H]4CCCN(C(=O)c5cc(C)ccn5)C4)nn3c2)c1. The van der Waals surface area contributed by atoms with Gasteiger partial charge in [0.15, 0.2) is 11.5 Å². The zero-order chi connectivity index (χ0) is 22.1. The summed E-state index contributed by atoms with van der Waals surface area (Å²) in [5, 5.41) is 4.77. The van der Waals surface area contributed by atoms with Gasteiger partial charge in [0.05, 0.1) is 7.11 Å². The van der Waals surface area contributed by atoms with E-state index in [1.807, 2.05) is 71.1 Å². The molecule has 1 amide bonds. The first-order valence-corrected chi connectivity index (χ1v) is 10.8. The number of carbonyl (C=O) groups excluding carboxylic acids is 1. The van der Waals surface area contributed by atoms with Gasteiger partial charge in [-0.15, -0.1) is 0 Å². The van der Waals surface area contributed by atoms with Crippen LogP contribution >= 0.6 is 0 Å². The molecule has 1 atom stereocenters. The smallest absolute Gasteiger partial charge is 0.272 e. The number of pyridine rings is 2. The molecule has 4 heterocycles. The maximum absolute atomic E-state index is 13.0. The van der Waals surface area contributed by atoms with E-state index in [1.165, 1.54) is 0 Å². The van der Waals surface area contributed by atoms with Crippen molar-refractivity contribution in [3.63, 3.8) is 0 Å². The van der Waals surface area contributed by atoms with Crippen LogP contribution in [0.25, 0.3) is 16.8 Å². The van der Waals surface area contributed by atoms with Crippen molar-refractivity contribution in [1.29, 1.82) is 0 Å². The van der Waals surface area contributed by atoms with Gasteiger partial charge in [-0.05, 0) is 67.3 Å². The minimum Gasteiger partial charge on any atom is -0.497 e. The van der Waals surface area contributed by atoms with E-state index in [-0.39, 0.29) is 11.8 Å². The molecule has 32 heavy (non-hydrogen) atoms. The van der Waals surface area contributed by atoms with Crippen LogP contribution in [0.1, 0.15) is 40.6 Å². The Hall–Kier alpha value is -3.74. The number of hydrogen-bond acceptors (Lipinski definition) is 5. The molecule has 0 saturated carbocycles. The molecule has 0 bridgehead atoms. The molecule has 0 radical (unpaired) electrons. The number of likely N-dealkylation sites (tertiary alicyclic amines) is 1. The molecule has 7 nitrogen and oxygen atoms in total. The minimum absolute atomic E-state index is 0.0255. The highest BCUT2D eigenvalue weighted by Crippen LogP contribution is 2.28. The Morgan fingerprint density at radius 3 is 2.88 bits per heavy atom. The third-order valence-electron chi connectivity index (χ3n) is 5.96. The van der Waals surface area contributed by atoms with Gasteiger partial charge in [0.25, 0.3) is 5.91 Å². The number of benzene rings is 1. The second kappa shape index (κ2) is 8.42. The van der Waals surface area contributed by atoms with Crippen molar-refractivity contribution in [3.05, 3.63) is 78.0 Å². The van der Waals surface area contributed by atoms with Gasteiger partial charge < -0.3 is 9.64 Å². The number of rotatable bonds is 4. The topological polar surface area (TPSA) is 72.6 Å². The molecule has 0 unspecified atom stereocenters. The maximum Gasteiger partial charge on any atom is 0.272 e. The van der Waals surface area contributed by atoms with Crippen LogP contribution in [-0.4, -0.2) is 50.6 Å². The third kappa shape index (κ3) is 3.93. The van der Waals surface area contributed by atoms with Gasteiger partial charge in [0.1, 0.15) is 11.4 Å². The average molecular weight is 428 g/mol. The number of aryl methyl sites for hydroxylation is 1. The largest absolute Gasteiger partial charge is 0.497 e. The van der Waals surface area contributed by atoms with Gasteiger partial charge in [0.2, 0.25) is 0 Å². The number of amides is 1. The number of ether oxygens (including phenoxy) is 1. The second-order valence-corrected chi connectivity index (χ2v) is 8.23. The molecule has 4 aromatic rings. The summed E-state index contributed by atoms with van der Waals surface area (Å²) in [5.41, 5.74) is 4.43. The van der Waals surface area contributed by atoms with Gasteiger partial charge in [0, 0.05) is 37.0 Å². The number of methoxy groups -OCH3 is 1. The van der Waals surface area contributed by atoms with E-state index >= 15 is 0 Å². The normalized spacial score (nSPS) is 16.3. The summed E-state index contributed by atoms with van der Waals surface area (Å²) in [6.45, 7) is 3.31. The van der Waals surface area contributed by atoms with Gasteiger partial charge in [-0.2, -0.15) is 5.10 Å². The van der Waals surface area contributed by atoms with Crippen molar-refractivity contribution >= 4 is 11.6 Å². The first-order valence-electron chi connectivity index (χ1n) is 10.8. The lowest BCUT2D eigenvalue weighted by Gasteiger charge is -2.31. The van der Waals surface area contributed by atoms with E-state index < -0.39 is 0 Å². The van der Waals surface area contributed by atoms with E-state index in [1.54, 1.807) is 13.3 Å². The number of fused-ring (bicyclic) bond motifs is 1. The molecule has 1 aliphatic rings. The molecule has 5 rings (SSSR count). The number of nitrogens with zero attached hydrogens (tertiary/aromatic N) is 5. The zero-order valence-corrected chi connectivity index (χ0v) is 18.2. The summed E-state index contributed by atoms with van der Waals surface area (Å²) < 4.78 is 7.17. The summed E-state index contributed by atoms with van der Waals surface area (Å²) in [6.07, 6.45) is 5.56. The van der Waals surface area contributed by atoms with Crippen molar-refractivity contribution in [3.8, 4) is 16.9 Å². The Morgan fingerprint density at radius 2 is 2.03 bits per heavy atom.